The lowest BCUT2D eigenvalue weighted by Crippen LogP contribution is -2.18. The maximum absolute atomic E-state index is 13.0. The number of thiophene rings is 1. The second kappa shape index (κ2) is 6.97. The highest BCUT2D eigenvalue weighted by Gasteiger charge is 2.20. The van der Waals surface area contributed by atoms with Crippen molar-refractivity contribution in [1.29, 1.82) is 0 Å². The lowest BCUT2D eigenvalue weighted by Gasteiger charge is -2.17. The molecule has 2 aromatic heterocycles. The van der Waals surface area contributed by atoms with E-state index in [-0.39, 0.29) is 5.56 Å². The minimum Gasteiger partial charge on any atom is -0.390 e. The molecule has 3 rings (SSSR count). The molecule has 0 unspecified atom stereocenters. The molecular weight excluding hydrogens is 368 g/mol. The van der Waals surface area contributed by atoms with Gasteiger partial charge in [-0.05, 0) is 25.1 Å². The van der Waals surface area contributed by atoms with Gasteiger partial charge < -0.3 is 10.6 Å². The standard InChI is InChI=1S/C19H19ClN4OS/c1-11-5-7-13(8-6-11)24-10-22-16-15(14(23(3)4)9-12(2)20)18(21)26-17(16)19(24)25/h5-10H,2,21H2,1,3-4H3/b14-9+. The van der Waals surface area contributed by atoms with E-state index in [4.69, 9.17) is 17.3 Å². The smallest absolute Gasteiger partial charge is 0.275 e. The summed E-state index contributed by atoms with van der Waals surface area (Å²) in [6.45, 7) is 5.71. The number of hydrogen-bond donors (Lipinski definition) is 1. The fraction of sp³-hybridized carbons (Fsp3) is 0.158. The molecule has 134 valence electrons. The Morgan fingerprint density at radius 2 is 2.00 bits per heavy atom. The molecule has 1 aromatic carbocycles. The molecule has 0 saturated heterocycles. The number of nitrogens with zero attached hydrogens (tertiary/aromatic N) is 3. The van der Waals surface area contributed by atoms with Crippen LogP contribution in [0.2, 0.25) is 0 Å². The number of aromatic nitrogens is 2. The first kappa shape index (κ1) is 18.2. The normalized spacial score (nSPS) is 11.8. The maximum atomic E-state index is 13.0. The van der Waals surface area contributed by atoms with E-state index >= 15 is 0 Å². The van der Waals surface area contributed by atoms with Gasteiger partial charge >= 0.3 is 0 Å². The van der Waals surface area contributed by atoms with E-state index in [0.717, 1.165) is 16.9 Å². The number of benzene rings is 1. The van der Waals surface area contributed by atoms with Crippen molar-refractivity contribution in [2.45, 2.75) is 6.92 Å². The zero-order valence-electron chi connectivity index (χ0n) is 14.8. The first-order chi connectivity index (χ1) is 12.3. The van der Waals surface area contributed by atoms with Crippen molar-refractivity contribution in [2.24, 2.45) is 0 Å². The molecule has 0 spiro atoms. The summed E-state index contributed by atoms with van der Waals surface area (Å²) in [5, 5.41) is 0.893. The van der Waals surface area contributed by atoms with Gasteiger partial charge in [0.1, 0.15) is 11.0 Å². The van der Waals surface area contributed by atoms with Crippen molar-refractivity contribution < 1.29 is 0 Å². The van der Waals surface area contributed by atoms with Gasteiger partial charge in [-0.1, -0.05) is 35.9 Å². The minimum absolute atomic E-state index is 0.149. The molecule has 3 aromatic rings. The van der Waals surface area contributed by atoms with E-state index in [2.05, 4.69) is 11.6 Å². The van der Waals surface area contributed by atoms with Crippen molar-refractivity contribution >= 4 is 43.9 Å². The Balaban J connectivity index is 2.26. The highest BCUT2D eigenvalue weighted by Crippen LogP contribution is 2.36. The Morgan fingerprint density at radius 1 is 1.35 bits per heavy atom. The van der Waals surface area contributed by atoms with Gasteiger partial charge in [-0.2, -0.15) is 0 Å². The van der Waals surface area contributed by atoms with Crippen LogP contribution in [0.4, 0.5) is 5.00 Å². The summed E-state index contributed by atoms with van der Waals surface area (Å²) >= 11 is 7.20. The summed E-state index contributed by atoms with van der Waals surface area (Å²) in [5.74, 6) is 0. The topological polar surface area (TPSA) is 64.2 Å². The van der Waals surface area contributed by atoms with Gasteiger partial charge in [-0.3, -0.25) is 9.36 Å². The van der Waals surface area contributed by atoms with Crippen molar-refractivity contribution in [2.75, 3.05) is 19.8 Å². The van der Waals surface area contributed by atoms with Gasteiger partial charge in [0, 0.05) is 19.1 Å². The molecule has 2 heterocycles. The first-order valence-corrected chi connectivity index (χ1v) is 9.09. The van der Waals surface area contributed by atoms with Crippen LogP contribution >= 0.6 is 22.9 Å². The van der Waals surface area contributed by atoms with Crippen LogP contribution < -0.4 is 11.3 Å². The van der Waals surface area contributed by atoms with E-state index in [9.17, 15) is 4.79 Å². The average Bonchev–Trinajstić information content (AvgIpc) is 2.91. The average molecular weight is 387 g/mol. The van der Waals surface area contributed by atoms with Crippen LogP contribution in [0.5, 0.6) is 0 Å². The van der Waals surface area contributed by atoms with Crippen LogP contribution in [0.15, 0.2) is 53.1 Å². The van der Waals surface area contributed by atoms with Crippen molar-refractivity contribution in [1.82, 2.24) is 14.5 Å². The van der Waals surface area contributed by atoms with E-state index < -0.39 is 0 Å². The Hall–Kier alpha value is -2.57. The van der Waals surface area contributed by atoms with Gasteiger partial charge in [0.05, 0.1) is 27.5 Å². The van der Waals surface area contributed by atoms with E-state index in [0.29, 0.717) is 25.8 Å². The molecule has 0 radical (unpaired) electrons. The Labute approximate surface area is 160 Å². The van der Waals surface area contributed by atoms with Crippen LogP contribution in [0.1, 0.15) is 11.1 Å². The molecule has 0 aliphatic carbocycles. The number of rotatable bonds is 4. The quantitative estimate of drug-likeness (QED) is 0.688. The minimum atomic E-state index is -0.149. The number of allylic oxidation sites excluding steroid dienone is 2. The molecule has 0 atom stereocenters. The SMILES string of the molecule is C=C(Cl)/C=C(\c1c(N)sc2c(=O)n(-c3ccc(C)cc3)cnc12)N(C)C. The highest BCUT2D eigenvalue weighted by molar-refractivity contribution is 7.22. The molecule has 2 N–H and O–H groups in total. The number of hydrogen-bond acceptors (Lipinski definition) is 5. The molecule has 7 heteroatoms. The molecule has 0 bridgehead atoms. The van der Waals surface area contributed by atoms with Crippen LogP contribution in [0, 0.1) is 6.92 Å². The van der Waals surface area contributed by atoms with Gasteiger partial charge in [0.25, 0.3) is 5.56 Å². The van der Waals surface area contributed by atoms with Crippen LogP contribution in [-0.2, 0) is 0 Å². The van der Waals surface area contributed by atoms with Crippen LogP contribution in [0.3, 0.4) is 0 Å². The second-order valence-electron chi connectivity index (χ2n) is 6.15. The van der Waals surface area contributed by atoms with Gasteiger partial charge in [0.15, 0.2) is 0 Å². The lowest BCUT2D eigenvalue weighted by atomic mass is 10.1. The predicted octanol–water partition coefficient (Wildman–Crippen LogP) is 3.99. The maximum Gasteiger partial charge on any atom is 0.275 e. The van der Waals surface area contributed by atoms with Crippen molar-refractivity contribution in [3.63, 3.8) is 0 Å². The van der Waals surface area contributed by atoms with Gasteiger partial charge in [-0.25, -0.2) is 4.98 Å². The number of aryl methyl sites for hydroxylation is 1. The summed E-state index contributed by atoms with van der Waals surface area (Å²) in [5.41, 5.74) is 10.0. The third-order valence-electron chi connectivity index (χ3n) is 3.97. The molecule has 0 amide bonds. The summed E-state index contributed by atoms with van der Waals surface area (Å²) in [4.78, 5) is 19.4. The lowest BCUT2D eigenvalue weighted by molar-refractivity contribution is 0.593. The van der Waals surface area contributed by atoms with Crippen LogP contribution in [0.25, 0.3) is 21.6 Å². The predicted molar refractivity (Wildman–Crippen MR) is 111 cm³/mol. The second-order valence-corrected chi connectivity index (χ2v) is 7.68. The van der Waals surface area contributed by atoms with Gasteiger partial charge in [-0.15, -0.1) is 11.3 Å². The van der Waals surface area contributed by atoms with E-state index in [1.54, 1.807) is 6.08 Å². The number of nitrogens with two attached hydrogens (primary N) is 1. The molecule has 0 aliphatic heterocycles. The molecular formula is C19H19ClN4OS. The van der Waals surface area contributed by atoms with E-state index in [1.165, 1.54) is 22.2 Å². The molecule has 5 nitrogen and oxygen atoms in total. The Morgan fingerprint density at radius 3 is 2.58 bits per heavy atom. The first-order valence-electron chi connectivity index (χ1n) is 7.90. The molecule has 0 fully saturated rings. The molecule has 26 heavy (non-hydrogen) atoms. The summed E-state index contributed by atoms with van der Waals surface area (Å²) in [6.07, 6.45) is 3.25. The molecule has 0 saturated carbocycles. The zero-order chi connectivity index (χ0) is 19.0. The van der Waals surface area contributed by atoms with Gasteiger partial charge in [0.2, 0.25) is 0 Å². The summed E-state index contributed by atoms with van der Waals surface area (Å²) < 4.78 is 2.04. The number of anilines is 1. The number of halogens is 1. The van der Waals surface area contributed by atoms with E-state index in [1.807, 2.05) is 50.2 Å². The third-order valence-corrected chi connectivity index (χ3v) is 5.07. The number of fused-ring (bicyclic) bond motifs is 1. The fourth-order valence-electron chi connectivity index (χ4n) is 2.70. The number of nitrogen functional groups attached to an aromatic ring is 1. The summed E-state index contributed by atoms with van der Waals surface area (Å²) in [7, 11) is 3.75. The third kappa shape index (κ3) is 3.25. The highest BCUT2D eigenvalue weighted by atomic mass is 35.5. The van der Waals surface area contributed by atoms with Crippen molar-refractivity contribution in [3.8, 4) is 5.69 Å². The zero-order valence-corrected chi connectivity index (χ0v) is 16.4. The fourth-order valence-corrected chi connectivity index (χ4v) is 3.76. The van der Waals surface area contributed by atoms with Crippen LogP contribution in [-0.4, -0.2) is 28.5 Å². The Kier molecular flexibility index (Phi) is 4.89. The summed E-state index contributed by atoms with van der Waals surface area (Å²) in [6, 6.07) is 7.70. The van der Waals surface area contributed by atoms with Crippen molar-refractivity contribution in [3.05, 3.63) is 69.8 Å². The molecule has 0 aliphatic rings. The monoisotopic (exact) mass is 386 g/mol. The Bertz CT molecular complexity index is 1080. The largest absolute Gasteiger partial charge is 0.390 e.